The fourth-order valence-electron chi connectivity index (χ4n) is 7.81. The number of benzene rings is 6. The van der Waals surface area contributed by atoms with E-state index >= 15 is 0 Å². The molecule has 0 radical (unpaired) electrons. The summed E-state index contributed by atoms with van der Waals surface area (Å²) >= 11 is 1.67. The molecule has 0 aliphatic rings. The number of ether oxygens (including phenoxy) is 1. The zero-order chi connectivity index (χ0) is 36.7. The molecule has 10 aromatic rings. The van der Waals surface area contributed by atoms with Crippen molar-refractivity contribution in [3.05, 3.63) is 156 Å². The minimum absolute atomic E-state index is 0. The van der Waals surface area contributed by atoms with Crippen LogP contribution in [0.3, 0.4) is 0 Å². The first kappa shape index (κ1) is 35.2. The van der Waals surface area contributed by atoms with Gasteiger partial charge >= 0.3 is 21.1 Å². The number of aromatic nitrogens is 4. The van der Waals surface area contributed by atoms with Gasteiger partial charge in [0, 0.05) is 49.8 Å². The molecule has 0 saturated heterocycles. The second-order valence-corrected chi connectivity index (χ2v) is 16.1. The van der Waals surface area contributed by atoms with Crippen LogP contribution in [-0.4, -0.2) is 19.1 Å². The molecule has 0 bridgehead atoms. The molecule has 6 aromatic carbocycles. The molecule has 4 heterocycles. The maximum Gasteiger partial charge on any atom is 2.00 e. The third-order valence-corrected chi connectivity index (χ3v) is 11.5. The van der Waals surface area contributed by atoms with Crippen LogP contribution in [0.1, 0.15) is 37.5 Å². The van der Waals surface area contributed by atoms with E-state index in [1.165, 1.54) is 32.9 Å². The van der Waals surface area contributed by atoms with Gasteiger partial charge in [0.2, 0.25) is 0 Å². The predicted octanol–water partition coefficient (Wildman–Crippen LogP) is 12.9. The van der Waals surface area contributed by atoms with Crippen LogP contribution in [0.25, 0.3) is 75.9 Å². The Morgan fingerprint density at radius 1 is 0.655 bits per heavy atom. The first-order valence-electron chi connectivity index (χ1n) is 18.2. The van der Waals surface area contributed by atoms with Gasteiger partial charge in [-0.05, 0) is 60.0 Å². The number of thiazole rings is 1. The number of para-hydroxylation sites is 4. The Labute approximate surface area is 338 Å². The van der Waals surface area contributed by atoms with Crippen LogP contribution in [0.5, 0.6) is 11.5 Å². The third kappa shape index (κ3) is 5.87. The van der Waals surface area contributed by atoms with Crippen molar-refractivity contribution >= 4 is 65.2 Å². The smallest absolute Gasteiger partial charge is 0.503 e. The Kier molecular flexibility index (Phi) is 8.53. The standard InChI is InChI=1S/C48H36N4OS.Pt/c1-29-12-10-15-38-39-16-11-13-30(2)46(39)51(45(29)38)33-22-23-49-44(27-33)52-41-18-8-6-14-36(41)37-21-20-34(28-42(37)52)53-35-25-31(24-32(26-35)48(3,4)5)47-50-40-17-7-9-19-43(40)54-47;/h6-24,26-27H,1-5H3;/q-2;+2. The summed E-state index contributed by atoms with van der Waals surface area (Å²) in [5.74, 6) is 2.05. The number of hydrogen-bond donors (Lipinski definition) is 0. The molecular weight excluding hydrogens is 876 g/mol. The average molecular weight is 912 g/mol. The van der Waals surface area contributed by atoms with Gasteiger partial charge in [-0.15, -0.1) is 34.7 Å². The van der Waals surface area contributed by atoms with Crippen LogP contribution in [0, 0.1) is 26.0 Å². The molecule has 7 heteroatoms. The molecule has 0 N–H and O–H groups in total. The van der Waals surface area contributed by atoms with Crippen LogP contribution in [0.4, 0.5) is 0 Å². The third-order valence-electron chi connectivity index (χ3n) is 10.4. The van der Waals surface area contributed by atoms with E-state index in [0.717, 1.165) is 59.7 Å². The summed E-state index contributed by atoms with van der Waals surface area (Å²) in [4.78, 5) is 9.93. The van der Waals surface area contributed by atoms with Gasteiger partial charge in [-0.2, -0.15) is 17.4 Å². The van der Waals surface area contributed by atoms with Gasteiger partial charge in [0.25, 0.3) is 0 Å². The monoisotopic (exact) mass is 911 g/mol. The van der Waals surface area contributed by atoms with Crippen molar-refractivity contribution in [2.45, 2.75) is 40.0 Å². The Morgan fingerprint density at radius 2 is 1.36 bits per heavy atom. The molecular formula is C48H36N4OPtS. The van der Waals surface area contributed by atoms with Crippen molar-refractivity contribution < 1.29 is 25.8 Å². The molecule has 0 saturated carbocycles. The van der Waals surface area contributed by atoms with E-state index in [9.17, 15) is 0 Å². The molecule has 270 valence electrons. The molecule has 0 unspecified atom stereocenters. The Morgan fingerprint density at radius 3 is 2.11 bits per heavy atom. The van der Waals surface area contributed by atoms with Gasteiger partial charge in [0.1, 0.15) is 5.82 Å². The summed E-state index contributed by atoms with van der Waals surface area (Å²) < 4.78 is 12.4. The van der Waals surface area contributed by atoms with Crippen molar-refractivity contribution in [3.63, 3.8) is 0 Å². The first-order chi connectivity index (χ1) is 26.2. The average Bonchev–Trinajstić information content (AvgIpc) is 3.86. The largest absolute Gasteiger partial charge is 2.00 e. The number of fused-ring (bicyclic) bond motifs is 7. The molecule has 5 nitrogen and oxygen atoms in total. The van der Waals surface area contributed by atoms with Crippen molar-refractivity contribution in [2.24, 2.45) is 0 Å². The molecule has 10 rings (SSSR count). The molecule has 0 aliphatic carbocycles. The topological polar surface area (TPSA) is 44.9 Å². The van der Waals surface area contributed by atoms with Crippen LogP contribution >= 0.6 is 11.3 Å². The molecule has 0 fully saturated rings. The molecule has 0 atom stereocenters. The molecule has 0 amide bonds. The zero-order valence-corrected chi connectivity index (χ0v) is 34.1. The second kappa shape index (κ2) is 13.3. The van der Waals surface area contributed by atoms with Gasteiger partial charge < -0.3 is 13.9 Å². The maximum absolute atomic E-state index is 6.68. The zero-order valence-electron chi connectivity index (χ0n) is 31.0. The normalized spacial score (nSPS) is 11.9. The number of hydrogen-bond acceptors (Lipinski definition) is 4. The number of pyridine rings is 1. The molecule has 55 heavy (non-hydrogen) atoms. The predicted molar refractivity (Wildman–Crippen MR) is 224 cm³/mol. The molecule has 0 aliphatic heterocycles. The quantitative estimate of drug-likeness (QED) is 0.162. The Hall–Kier alpha value is -5.55. The summed E-state index contributed by atoms with van der Waals surface area (Å²) in [6.45, 7) is 11.0. The van der Waals surface area contributed by atoms with E-state index in [0.29, 0.717) is 11.5 Å². The number of nitrogens with zero attached hydrogens (tertiary/aromatic N) is 4. The van der Waals surface area contributed by atoms with E-state index in [1.54, 1.807) is 11.3 Å². The van der Waals surface area contributed by atoms with Crippen molar-refractivity contribution in [2.75, 3.05) is 0 Å². The minimum atomic E-state index is -0.108. The molecule has 0 spiro atoms. The van der Waals surface area contributed by atoms with E-state index in [-0.39, 0.29) is 26.5 Å². The Balaban J connectivity index is 0.00000397. The minimum Gasteiger partial charge on any atom is -0.503 e. The van der Waals surface area contributed by atoms with E-state index in [2.05, 4.69) is 165 Å². The Bertz CT molecular complexity index is 3020. The fourth-order valence-corrected chi connectivity index (χ4v) is 8.75. The van der Waals surface area contributed by atoms with E-state index in [1.807, 2.05) is 18.3 Å². The van der Waals surface area contributed by atoms with Crippen LogP contribution in [0.2, 0.25) is 0 Å². The van der Waals surface area contributed by atoms with E-state index < -0.39 is 0 Å². The summed E-state index contributed by atoms with van der Waals surface area (Å²) in [6, 6.07) is 49.8. The number of aryl methyl sites for hydroxylation is 2. The van der Waals surface area contributed by atoms with Crippen molar-refractivity contribution in [1.82, 2.24) is 19.1 Å². The fraction of sp³-hybridized carbons (Fsp3) is 0.125. The van der Waals surface area contributed by atoms with Gasteiger partial charge in [-0.25, -0.2) is 4.98 Å². The summed E-state index contributed by atoms with van der Waals surface area (Å²) in [5, 5.41) is 5.63. The van der Waals surface area contributed by atoms with Gasteiger partial charge in [0.05, 0.1) is 22.2 Å². The van der Waals surface area contributed by atoms with Gasteiger partial charge in [-0.3, -0.25) is 4.98 Å². The summed E-state index contributed by atoms with van der Waals surface area (Å²) in [7, 11) is 0. The van der Waals surface area contributed by atoms with E-state index in [4.69, 9.17) is 14.7 Å². The van der Waals surface area contributed by atoms with Crippen LogP contribution in [-0.2, 0) is 26.5 Å². The van der Waals surface area contributed by atoms with Crippen molar-refractivity contribution in [1.29, 1.82) is 0 Å². The van der Waals surface area contributed by atoms with Crippen LogP contribution < -0.4 is 4.74 Å². The second-order valence-electron chi connectivity index (χ2n) is 15.1. The summed E-state index contributed by atoms with van der Waals surface area (Å²) in [5.41, 5.74) is 10.8. The SMILES string of the molecule is Cc1cccc2c3cccc(C)c3n(-c3ccnc(-n4c5[c-]c(Oc6[c-]c(-c7nc8ccccc8s7)cc(C(C)(C)C)c6)ccc5c5ccccc54)c3)c12.[Pt+2]. The number of rotatable bonds is 5. The molecule has 4 aromatic heterocycles. The van der Waals surface area contributed by atoms with Crippen LogP contribution in [0.15, 0.2) is 128 Å². The van der Waals surface area contributed by atoms with Gasteiger partial charge in [-0.1, -0.05) is 105 Å². The van der Waals surface area contributed by atoms with Gasteiger partial charge in [0.15, 0.2) is 0 Å². The summed E-state index contributed by atoms with van der Waals surface area (Å²) in [6.07, 6.45) is 1.91. The first-order valence-corrected chi connectivity index (χ1v) is 19.1. The van der Waals surface area contributed by atoms with Crippen molar-refractivity contribution in [3.8, 4) is 33.6 Å². The maximum atomic E-state index is 6.68.